The van der Waals surface area contributed by atoms with E-state index in [1.807, 2.05) is 55.5 Å². The number of imidazole rings is 1. The fourth-order valence-corrected chi connectivity index (χ4v) is 4.36. The van der Waals surface area contributed by atoms with Gasteiger partial charge >= 0.3 is 11.7 Å². The number of H-pyrrole nitrogens is 1. The van der Waals surface area contributed by atoms with Crippen LogP contribution >= 0.6 is 0 Å². The van der Waals surface area contributed by atoms with E-state index in [0.29, 0.717) is 24.6 Å². The van der Waals surface area contributed by atoms with Crippen LogP contribution < -0.4 is 11.2 Å². The number of carbonyl (C=O) groups excluding carboxylic acids is 1. The fourth-order valence-electron chi connectivity index (χ4n) is 4.36. The maximum atomic E-state index is 13.1. The summed E-state index contributed by atoms with van der Waals surface area (Å²) in [6.07, 6.45) is 0.528. The van der Waals surface area contributed by atoms with Gasteiger partial charge in [-0.2, -0.15) is 5.21 Å². The predicted molar refractivity (Wildman–Crippen MR) is 135 cm³/mol. The van der Waals surface area contributed by atoms with Crippen molar-refractivity contribution in [3.8, 4) is 22.5 Å². The van der Waals surface area contributed by atoms with Crippen molar-refractivity contribution in [2.75, 3.05) is 7.11 Å². The quantitative estimate of drug-likeness (QED) is 0.332. The summed E-state index contributed by atoms with van der Waals surface area (Å²) in [6, 6.07) is 15.7. The minimum absolute atomic E-state index is 0.168. The maximum absolute atomic E-state index is 13.1. The second kappa shape index (κ2) is 9.64. The Balaban J connectivity index is 1.56. The van der Waals surface area contributed by atoms with Crippen LogP contribution in [0.15, 0.2) is 58.1 Å². The van der Waals surface area contributed by atoms with Gasteiger partial charge in [-0.05, 0) is 21.9 Å². The smallest absolute Gasteiger partial charge is 0.333 e. The van der Waals surface area contributed by atoms with Crippen LogP contribution in [0.1, 0.15) is 18.3 Å². The lowest BCUT2D eigenvalue weighted by Gasteiger charge is -2.11. The SMILES string of the molecule is CCc1nc2c(c(=O)n(C)c(=O)n2CC(=O)OC)n1Cc1ccc(-c2ccccc2-c2nn[nH]n2)cc1. The molecule has 0 saturated carbocycles. The minimum atomic E-state index is -0.625. The van der Waals surface area contributed by atoms with Crippen LogP contribution in [0.3, 0.4) is 0 Å². The van der Waals surface area contributed by atoms with E-state index in [9.17, 15) is 14.4 Å². The highest BCUT2D eigenvalue weighted by atomic mass is 16.5. The van der Waals surface area contributed by atoms with Crippen LogP contribution in [-0.2, 0) is 36.1 Å². The normalized spacial score (nSPS) is 11.2. The second-order valence-electron chi connectivity index (χ2n) is 8.43. The van der Waals surface area contributed by atoms with Crippen LogP contribution in [0.4, 0.5) is 0 Å². The van der Waals surface area contributed by atoms with E-state index in [2.05, 4.69) is 25.6 Å². The summed E-state index contributed by atoms with van der Waals surface area (Å²) in [4.78, 5) is 42.4. The first kappa shape index (κ1) is 23.9. The Morgan fingerprint density at radius 1 is 1.03 bits per heavy atom. The van der Waals surface area contributed by atoms with E-state index in [0.717, 1.165) is 26.8 Å². The van der Waals surface area contributed by atoms with Gasteiger partial charge in [0.05, 0.1) is 7.11 Å². The number of tetrazole rings is 1. The molecule has 0 amide bonds. The van der Waals surface area contributed by atoms with Crippen LogP contribution in [0.25, 0.3) is 33.7 Å². The Hall–Kier alpha value is -4.87. The first-order valence-corrected chi connectivity index (χ1v) is 11.6. The molecule has 0 spiro atoms. The van der Waals surface area contributed by atoms with Crippen LogP contribution in [-0.4, -0.2) is 52.4 Å². The summed E-state index contributed by atoms with van der Waals surface area (Å²) >= 11 is 0. The average molecular weight is 501 g/mol. The molecule has 0 unspecified atom stereocenters. The van der Waals surface area contributed by atoms with Gasteiger partial charge in [0.15, 0.2) is 11.2 Å². The summed E-state index contributed by atoms with van der Waals surface area (Å²) in [6.45, 7) is 1.94. The third-order valence-electron chi connectivity index (χ3n) is 6.26. The summed E-state index contributed by atoms with van der Waals surface area (Å²) in [7, 11) is 2.63. The van der Waals surface area contributed by atoms with Crippen LogP contribution in [0.2, 0.25) is 0 Å². The molecule has 0 radical (unpaired) electrons. The Morgan fingerprint density at radius 3 is 2.41 bits per heavy atom. The van der Waals surface area contributed by atoms with Crippen molar-refractivity contribution in [3.05, 3.63) is 80.8 Å². The molecule has 5 aromatic rings. The fraction of sp³-hybridized carbons (Fsp3) is 0.240. The van der Waals surface area contributed by atoms with Gasteiger partial charge in [-0.15, -0.1) is 10.2 Å². The van der Waals surface area contributed by atoms with Gasteiger partial charge in [0, 0.05) is 25.6 Å². The molecule has 0 bridgehead atoms. The predicted octanol–water partition coefficient (Wildman–Crippen LogP) is 1.53. The largest absolute Gasteiger partial charge is 0.468 e. The number of benzene rings is 2. The van der Waals surface area contributed by atoms with Gasteiger partial charge in [-0.25, -0.2) is 9.78 Å². The number of aryl methyl sites for hydroxylation is 1. The van der Waals surface area contributed by atoms with Gasteiger partial charge in [0.2, 0.25) is 5.82 Å². The molecule has 0 aliphatic rings. The van der Waals surface area contributed by atoms with Gasteiger partial charge < -0.3 is 9.30 Å². The molecule has 0 atom stereocenters. The van der Waals surface area contributed by atoms with Crippen molar-refractivity contribution < 1.29 is 9.53 Å². The van der Waals surface area contributed by atoms with E-state index in [4.69, 9.17) is 4.74 Å². The number of methoxy groups -OCH3 is 1. The number of fused-ring (bicyclic) bond motifs is 1. The third-order valence-corrected chi connectivity index (χ3v) is 6.26. The zero-order valence-electron chi connectivity index (χ0n) is 20.5. The summed E-state index contributed by atoms with van der Waals surface area (Å²) in [5.41, 5.74) is 3.04. The Labute approximate surface area is 210 Å². The Kier molecular flexibility index (Phi) is 6.22. The van der Waals surface area contributed by atoms with E-state index >= 15 is 0 Å². The number of rotatable bonds is 7. The Morgan fingerprint density at radius 2 is 1.76 bits per heavy atom. The van der Waals surface area contributed by atoms with Crippen LogP contribution in [0, 0.1) is 0 Å². The molecular weight excluding hydrogens is 476 g/mol. The first-order chi connectivity index (χ1) is 17.9. The number of aromatic nitrogens is 8. The van der Waals surface area contributed by atoms with Gasteiger partial charge in [0.1, 0.15) is 12.4 Å². The summed E-state index contributed by atoms with van der Waals surface area (Å²) < 4.78 is 8.70. The molecule has 37 heavy (non-hydrogen) atoms. The molecule has 0 aliphatic heterocycles. The number of ether oxygens (including phenoxy) is 1. The third kappa shape index (κ3) is 4.22. The number of nitrogens with zero attached hydrogens (tertiary/aromatic N) is 7. The number of aromatic amines is 1. The topological polar surface area (TPSA) is 143 Å². The monoisotopic (exact) mass is 500 g/mol. The van der Waals surface area contributed by atoms with E-state index < -0.39 is 17.2 Å². The molecule has 3 aromatic heterocycles. The molecule has 12 heteroatoms. The molecule has 0 saturated heterocycles. The molecule has 3 heterocycles. The number of hydrogen-bond donors (Lipinski definition) is 1. The zero-order chi connectivity index (χ0) is 26.1. The standard InChI is InChI=1S/C25H24N8O4/c1-4-19-26-23-21(24(35)31(2)25(36)33(23)14-20(34)37-3)32(19)13-15-9-11-16(12-10-15)17-7-5-6-8-18(17)22-27-29-30-28-22/h5-12H,4,13-14H2,1-3H3,(H,27,28,29,30). The maximum Gasteiger partial charge on any atom is 0.333 e. The number of nitrogens with one attached hydrogen (secondary N) is 1. The lowest BCUT2D eigenvalue weighted by atomic mass is 9.98. The van der Waals surface area contributed by atoms with Crippen molar-refractivity contribution in [2.45, 2.75) is 26.4 Å². The number of hydrogen-bond acceptors (Lipinski definition) is 8. The van der Waals surface area contributed by atoms with Crippen molar-refractivity contribution in [1.29, 1.82) is 0 Å². The highest BCUT2D eigenvalue weighted by Crippen LogP contribution is 2.30. The minimum Gasteiger partial charge on any atom is -0.468 e. The molecule has 0 aliphatic carbocycles. The number of carbonyl (C=O) groups is 1. The molecule has 2 aromatic carbocycles. The average Bonchev–Trinajstić information content (AvgIpc) is 3.59. The van der Waals surface area contributed by atoms with Gasteiger partial charge in [-0.3, -0.25) is 18.7 Å². The summed E-state index contributed by atoms with van der Waals surface area (Å²) in [5, 5.41) is 14.3. The van der Waals surface area contributed by atoms with E-state index in [-0.39, 0.29) is 17.7 Å². The molecule has 1 N–H and O–H groups in total. The lowest BCUT2D eigenvalue weighted by molar-refractivity contribution is -0.141. The molecular formula is C25H24N8O4. The molecule has 5 rings (SSSR count). The summed E-state index contributed by atoms with van der Waals surface area (Å²) in [5.74, 6) is 0.528. The van der Waals surface area contributed by atoms with Crippen molar-refractivity contribution >= 4 is 17.1 Å². The zero-order valence-corrected chi connectivity index (χ0v) is 20.5. The highest BCUT2D eigenvalue weighted by Gasteiger charge is 2.21. The molecule has 188 valence electrons. The van der Waals surface area contributed by atoms with Gasteiger partial charge in [-0.1, -0.05) is 55.5 Å². The van der Waals surface area contributed by atoms with Gasteiger partial charge in [0.25, 0.3) is 5.56 Å². The lowest BCUT2D eigenvalue weighted by Crippen LogP contribution is -2.40. The van der Waals surface area contributed by atoms with E-state index in [1.165, 1.54) is 18.7 Å². The molecule has 12 nitrogen and oxygen atoms in total. The number of esters is 1. The Bertz CT molecular complexity index is 1710. The van der Waals surface area contributed by atoms with Crippen molar-refractivity contribution in [2.24, 2.45) is 7.05 Å². The highest BCUT2D eigenvalue weighted by molar-refractivity contribution is 5.80. The van der Waals surface area contributed by atoms with E-state index in [1.54, 1.807) is 4.57 Å². The van der Waals surface area contributed by atoms with Crippen molar-refractivity contribution in [1.82, 2.24) is 39.3 Å². The second-order valence-corrected chi connectivity index (χ2v) is 8.43. The van der Waals surface area contributed by atoms with Crippen molar-refractivity contribution in [3.63, 3.8) is 0 Å². The first-order valence-electron chi connectivity index (χ1n) is 11.6. The van der Waals surface area contributed by atoms with Crippen LogP contribution in [0.5, 0.6) is 0 Å². The molecule has 0 fully saturated rings.